The summed E-state index contributed by atoms with van der Waals surface area (Å²) >= 11 is 3.29. The molecule has 0 radical (unpaired) electrons. The van der Waals surface area contributed by atoms with Crippen molar-refractivity contribution in [2.24, 2.45) is 0 Å². The van der Waals surface area contributed by atoms with Crippen molar-refractivity contribution in [3.05, 3.63) is 28.7 Å². The van der Waals surface area contributed by atoms with E-state index >= 15 is 0 Å². The summed E-state index contributed by atoms with van der Waals surface area (Å²) in [5.41, 5.74) is 0.152. The van der Waals surface area contributed by atoms with E-state index in [-0.39, 0.29) is 0 Å². The van der Waals surface area contributed by atoms with Crippen molar-refractivity contribution < 1.29 is 9.59 Å². The quantitative estimate of drug-likeness (QED) is 0.782. The van der Waals surface area contributed by atoms with Crippen LogP contribution in [0.5, 0.6) is 0 Å². The van der Waals surface area contributed by atoms with E-state index in [0.717, 1.165) is 4.47 Å². The molecular weight excluding hydrogens is 284 g/mol. The van der Waals surface area contributed by atoms with Crippen LogP contribution < -0.4 is 10.6 Å². The molecule has 1 rings (SSSR count). The smallest absolute Gasteiger partial charge is 0.313 e. The van der Waals surface area contributed by atoms with E-state index < -0.39 is 17.4 Å². The summed E-state index contributed by atoms with van der Waals surface area (Å²) in [6, 6.07) is 7.06. The maximum atomic E-state index is 11.6. The van der Waals surface area contributed by atoms with E-state index in [2.05, 4.69) is 26.6 Å². The fraction of sp³-hybridized carbons (Fsp3) is 0.333. The largest absolute Gasteiger partial charge is 0.343 e. The fourth-order valence-electron chi connectivity index (χ4n) is 1.15. The van der Waals surface area contributed by atoms with Gasteiger partial charge in [-0.15, -0.1) is 0 Å². The monoisotopic (exact) mass is 298 g/mol. The summed E-state index contributed by atoms with van der Waals surface area (Å²) in [7, 11) is 0. The first-order valence-corrected chi connectivity index (χ1v) is 5.96. The van der Waals surface area contributed by atoms with Gasteiger partial charge in [0.1, 0.15) is 0 Å². The van der Waals surface area contributed by atoms with E-state index in [9.17, 15) is 9.59 Å². The molecule has 5 heteroatoms. The molecule has 0 heterocycles. The number of amides is 2. The third kappa shape index (κ3) is 4.99. The second-order valence-electron chi connectivity index (χ2n) is 4.67. The molecule has 0 aromatic heterocycles. The normalized spacial score (nSPS) is 10.8. The minimum absolute atomic E-state index is 0.425. The molecule has 0 aliphatic heterocycles. The second-order valence-corrected chi connectivity index (χ2v) is 5.58. The lowest BCUT2D eigenvalue weighted by molar-refractivity contribution is -0.137. The third-order valence-electron chi connectivity index (χ3n) is 1.78. The summed E-state index contributed by atoms with van der Waals surface area (Å²) in [4.78, 5) is 23.1. The van der Waals surface area contributed by atoms with Gasteiger partial charge in [-0.05, 0) is 39.0 Å². The average molecular weight is 299 g/mol. The van der Waals surface area contributed by atoms with Gasteiger partial charge in [0.15, 0.2) is 0 Å². The highest BCUT2D eigenvalue weighted by Crippen LogP contribution is 2.15. The number of carbonyl (C=O) groups is 2. The summed E-state index contributed by atoms with van der Waals surface area (Å²) in [6.45, 7) is 5.45. The Morgan fingerprint density at radius 1 is 1.18 bits per heavy atom. The van der Waals surface area contributed by atoms with Crippen molar-refractivity contribution in [1.82, 2.24) is 5.32 Å². The number of halogens is 1. The van der Waals surface area contributed by atoms with Crippen molar-refractivity contribution in [2.75, 3.05) is 5.32 Å². The Balaban J connectivity index is 2.64. The van der Waals surface area contributed by atoms with Crippen molar-refractivity contribution in [1.29, 1.82) is 0 Å². The molecule has 92 valence electrons. The average Bonchev–Trinajstić information content (AvgIpc) is 2.14. The van der Waals surface area contributed by atoms with Crippen LogP contribution >= 0.6 is 15.9 Å². The van der Waals surface area contributed by atoms with E-state index in [1.165, 1.54) is 0 Å². The lowest BCUT2D eigenvalue weighted by Crippen LogP contribution is -2.46. The maximum Gasteiger partial charge on any atom is 0.313 e. The molecule has 0 aliphatic rings. The van der Waals surface area contributed by atoms with Gasteiger partial charge in [0.25, 0.3) is 0 Å². The van der Waals surface area contributed by atoms with Gasteiger partial charge in [-0.25, -0.2) is 0 Å². The minimum atomic E-state index is -0.668. The van der Waals surface area contributed by atoms with Crippen LogP contribution in [-0.4, -0.2) is 17.4 Å². The van der Waals surface area contributed by atoms with Gasteiger partial charge in [-0.2, -0.15) is 0 Å². The zero-order chi connectivity index (χ0) is 13.1. The van der Waals surface area contributed by atoms with Crippen LogP contribution in [0.2, 0.25) is 0 Å². The number of benzene rings is 1. The molecule has 0 spiro atoms. The van der Waals surface area contributed by atoms with Crippen molar-refractivity contribution in [3.8, 4) is 0 Å². The van der Waals surface area contributed by atoms with Gasteiger partial charge >= 0.3 is 11.8 Å². The highest BCUT2D eigenvalue weighted by Gasteiger charge is 2.20. The Bertz CT molecular complexity index is 438. The zero-order valence-electron chi connectivity index (χ0n) is 10.0. The highest BCUT2D eigenvalue weighted by atomic mass is 79.9. The topological polar surface area (TPSA) is 58.2 Å². The molecule has 1 aromatic rings. The minimum Gasteiger partial charge on any atom is -0.343 e. The lowest BCUT2D eigenvalue weighted by Gasteiger charge is -2.19. The van der Waals surface area contributed by atoms with Crippen LogP contribution in [-0.2, 0) is 9.59 Å². The van der Waals surface area contributed by atoms with E-state index in [1.807, 2.05) is 26.8 Å². The number of anilines is 1. The van der Waals surface area contributed by atoms with Crippen molar-refractivity contribution in [3.63, 3.8) is 0 Å². The zero-order valence-corrected chi connectivity index (χ0v) is 11.6. The predicted octanol–water partition coefficient (Wildman–Crippen LogP) is 2.30. The van der Waals surface area contributed by atoms with Crippen LogP contribution in [0.25, 0.3) is 0 Å². The first-order chi connectivity index (χ1) is 7.78. The van der Waals surface area contributed by atoms with Gasteiger partial charge < -0.3 is 10.6 Å². The molecule has 2 N–H and O–H groups in total. The molecule has 1 aromatic carbocycles. The van der Waals surface area contributed by atoms with Gasteiger partial charge in [-0.3, -0.25) is 9.59 Å². The van der Waals surface area contributed by atoms with Gasteiger partial charge in [0.2, 0.25) is 0 Å². The summed E-state index contributed by atoms with van der Waals surface area (Å²) in [5.74, 6) is -1.31. The maximum absolute atomic E-state index is 11.6. The molecule has 0 atom stereocenters. The van der Waals surface area contributed by atoms with Crippen LogP contribution in [0, 0.1) is 0 Å². The molecule has 0 saturated heterocycles. The Morgan fingerprint density at radius 3 is 2.35 bits per heavy atom. The van der Waals surface area contributed by atoms with Crippen molar-refractivity contribution in [2.45, 2.75) is 26.3 Å². The molecule has 17 heavy (non-hydrogen) atoms. The Labute approximate surface area is 109 Å². The van der Waals surface area contributed by atoms with Crippen LogP contribution in [0.1, 0.15) is 20.8 Å². The molecule has 4 nitrogen and oxygen atoms in total. The Kier molecular flexibility index (Phi) is 4.28. The molecule has 0 fully saturated rings. The number of carbonyl (C=O) groups excluding carboxylic acids is 2. The van der Waals surface area contributed by atoms with E-state index in [1.54, 1.807) is 18.2 Å². The van der Waals surface area contributed by atoms with Crippen molar-refractivity contribution >= 4 is 33.4 Å². The molecular formula is C12H15BrN2O2. The molecule has 2 amide bonds. The number of hydrogen-bond acceptors (Lipinski definition) is 2. The van der Waals surface area contributed by atoms with E-state index in [0.29, 0.717) is 5.69 Å². The van der Waals surface area contributed by atoms with Gasteiger partial charge in [-0.1, -0.05) is 22.0 Å². The first-order valence-electron chi connectivity index (χ1n) is 5.17. The Morgan fingerprint density at radius 2 is 1.82 bits per heavy atom. The lowest BCUT2D eigenvalue weighted by atomic mass is 10.1. The summed E-state index contributed by atoms with van der Waals surface area (Å²) in [5, 5.41) is 5.12. The Hall–Kier alpha value is -1.36. The van der Waals surface area contributed by atoms with Crippen LogP contribution in [0.4, 0.5) is 5.69 Å². The SMILES string of the molecule is CC(C)(C)NC(=O)C(=O)Nc1cccc(Br)c1. The van der Waals surface area contributed by atoms with Crippen LogP contribution in [0.15, 0.2) is 28.7 Å². The second kappa shape index (κ2) is 5.31. The summed E-state index contributed by atoms with van der Waals surface area (Å²) < 4.78 is 0.839. The molecule has 0 unspecified atom stereocenters. The predicted molar refractivity (Wildman–Crippen MR) is 70.7 cm³/mol. The fourth-order valence-corrected chi connectivity index (χ4v) is 1.55. The molecule has 0 saturated carbocycles. The third-order valence-corrected chi connectivity index (χ3v) is 2.27. The number of hydrogen-bond donors (Lipinski definition) is 2. The standard InChI is InChI=1S/C12H15BrN2O2/c1-12(2,3)15-11(17)10(16)14-9-6-4-5-8(13)7-9/h4-7H,1-3H3,(H,14,16)(H,15,17). The number of rotatable bonds is 1. The highest BCUT2D eigenvalue weighted by molar-refractivity contribution is 9.10. The summed E-state index contributed by atoms with van der Waals surface area (Å²) in [6.07, 6.45) is 0. The van der Waals surface area contributed by atoms with Crippen LogP contribution in [0.3, 0.4) is 0 Å². The number of nitrogens with one attached hydrogen (secondary N) is 2. The molecule has 0 aliphatic carbocycles. The van der Waals surface area contributed by atoms with E-state index in [4.69, 9.17) is 0 Å². The van der Waals surface area contributed by atoms with Gasteiger partial charge in [0, 0.05) is 15.7 Å². The first kappa shape index (κ1) is 13.7. The van der Waals surface area contributed by atoms with Gasteiger partial charge in [0.05, 0.1) is 0 Å². The molecule has 0 bridgehead atoms.